The Hall–Kier alpha value is -1.71. The molecule has 4 heteroatoms. The normalized spacial score (nSPS) is 30.2. The van der Waals surface area contributed by atoms with E-state index in [0.29, 0.717) is 12.0 Å². The van der Waals surface area contributed by atoms with Gasteiger partial charge in [-0.3, -0.25) is 0 Å². The number of hydrogen-bond acceptors (Lipinski definition) is 2. The molecule has 1 heterocycles. The summed E-state index contributed by atoms with van der Waals surface area (Å²) in [7, 11) is 0. The Bertz CT molecular complexity index is 471. The molecule has 1 aliphatic heterocycles. The van der Waals surface area contributed by atoms with Crippen LogP contribution in [0.4, 0.5) is 10.5 Å². The number of nitrogens with one attached hydrogen (secondary N) is 2. The third kappa shape index (κ3) is 1.92. The van der Waals surface area contributed by atoms with Gasteiger partial charge in [0.05, 0.1) is 6.04 Å². The van der Waals surface area contributed by atoms with Crippen LogP contribution in [0.15, 0.2) is 24.3 Å². The Balaban J connectivity index is 1.95. The second-order valence-electron chi connectivity index (χ2n) is 5.38. The molecule has 3 rings (SSSR count). The van der Waals surface area contributed by atoms with Crippen molar-refractivity contribution in [3.8, 4) is 0 Å². The van der Waals surface area contributed by atoms with Crippen molar-refractivity contribution in [2.24, 2.45) is 11.8 Å². The standard InChI is InChI=1S/C14H18N2O2/c1-8-12(9-6-7-9)15-11-5-3-2-4-10(11)13(8)16-14(17)18/h2-5,8-9,12-13,15-16H,6-7H2,1H3,(H,17,18)/t8-,12-,13-/m1/s1. The zero-order chi connectivity index (χ0) is 12.7. The molecule has 1 aliphatic carbocycles. The third-order valence-corrected chi connectivity index (χ3v) is 4.12. The monoisotopic (exact) mass is 246 g/mol. The maximum atomic E-state index is 11.0. The Morgan fingerprint density at radius 3 is 2.78 bits per heavy atom. The average Bonchev–Trinajstić information content (AvgIpc) is 3.16. The molecule has 3 N–H and O–H groups in total. The number of para-hydroxylation sites is 1. The first kappa shape index (κ1) is 11.4. The van der Waals surface area contributed by atoms with Crippen molar-refractivity contribution in [1.82, 2.24) is 5.32 Å². The van der Waals surface area contributed by atoms with Crippen molar-refractivity contribution >= 4 is 11.8 Å². The predicted molar refractivity (Wildman–Crippen MR) is 69.6 cm³/mol. The SMILES string of the molecule is C[C@H]1[C@@H](NC(=O)O)c2ccccc2N[C@H]1C1CC1. The minimum atomic E-state index is -0.946. The summed E-state index contributed by atoms with van der Waals surface area (Å²) in [5.41, 5.74) is 2.13. The molecule has 0 saturated heterocycles. The quantitative estimate of drug-likeness (QED) is 0.752. The van der Waals surface area contributed by atoms with Crippen LogP contribution in [0.5, 0.6) is 0 Å². The van der Waals surface area contributed by atoms with Crippen molar-refractivity contribution in [3.05, 3.63) is 29.8 Å². The molecule has 0 radical (unpaired) electrons. The summed E-state index contributed by atoms with van der Waals surface area (Å²) in [6.07, 6.45) is 1.56. The van der Waals surface area contributed by atoms with Gasteiger partial charge in [-0.15, -0.1) is 0 Å². The molecule has 0 bridgehead atoms. The number of hydrogen-bond donors (Lipinski definition) is 3. The van der Waals surface area contributed by atoms with Crippen molar-refractivity contribution in [2.75, 3.05) is 5.32 Å². The maximum Gasteiger partial charge on any atom is 0.405 e. The van der Waals surface area contributed by atoms with Gasteiger partial charge < -0.3 is 15.7 Å². The molecule has 1 fully saturated rings. The molecule has 1 amide bonds. The van der Waals surface area contributed by atoms with Gasteiger partial charge in [-0.1, -0.05) is 25.1 Å². The Morgan fingerprint density at radius 1 is 1.39 bits per heavy atom. The number of carbonyl (C=O) groups is 1. The molecular formula is C14H18N2O2. The number of fused-ring (bicyclic) bond motifs is 1. The van der Waals surface area contributed by atoms with Crippen LogP contribution in [0.3, 0.4) is 0 Å². The summed E-state index contributed by atoms with van der Waals surface area (Å²) < 4.78 is 0. The van der Waals surface area contributed by atoms with Crippen LogP contribution in [0.1, 0.15) is 31.4 Å². The molecular weight excluding hydrogens is 228 g/mol. The molecule has 96 valence electrons. The van der Waals surface area contributed by atoms with Gasteiger partial charge >= 0.3 is 6.09 Å². The topological polar surface area (TPSA) is 61.4 Å². The van der Waals surface area contributed by atoms with E-state index in [-0.39, 0.29) is 12.0 Å². The number of amides is 1. The number of benzene rings is 1. The van der Waals surface area contributed by atoms with Crippen LogP contribution < -0.4 is 10.6 Å². The molecule has 1 aromatic carbocycles. The first-order chi connectivity index (χ1) is 8.66. The van der Waals surface area contributed by atoms with E-state index in [2.05, 4.69) is 17.6 Å². The minimum Gasteiger partial charge on any atom is -0.465 e. The van der Waals surface area contributed by atoms with Gasteiger partial charge in [0.25, 0.3) is 0 Å². The molecule has 18 heavy (non-hydrogen) atoms. The largest absolute Gasteiger partial charge is 0.465 e. The van der Waals surface area contributed by atoms with Gasteiger partial charge in [-0.05, 0) is 30.4 Å². The molecule has 0 spiro atoms. The molecule has 3 atom stereocenters. The highest BCUT2D eigenvalue weighted by molar-refractivity contribution is 5.67. The lowest BCUT2D eigenvalue weighted by Crippen LogP contribution is -2.44. The van der Waals surface area contributed by atoms with Gasteiger partial charge in [0, 0.05) is 17.6 Å². The van der Waals surface area contributed by atoms with E-state index >= 15 is 0 Å². The number of anilines is 1. The van der Waals surface area contributed by atoms with Crippen LogP contribution in [0, 0.1) is 11.8 Å². The first-order valence-corrected chi connectivity index (χ1v) is 6.51. The summed E-state index contributed by atoms with van der Waals surface area (Å²) in [6, 6.07) is 8.27. The van der Waals surface area contributed by atoms with E-state index in [1.807, 2.05) is 24.3 Å². The lowest BCUT2D eigenvalue weighted by molar-refractivity contribution is 0.181. The van der Waals surface area contributed by atoms with Gasteiger partial charge in [-0.2, -0.15) is 0 Å². The second-order valence-corrected chi connectivity index (χ2v) is 5.38. The van der Waals surface area contributed by atoms with Crippen LogP contribution in [0.25, 0.3) is 0 Å². The van der Waals surface area contributed by atoms with Crippen LogP contribution >= 0.6 is 0 Å². The average molecular weight is 246 g/mol. The Labute approximate surface area is 106 Å². The summed E-state index contributed by atoms with van der Waals surface area (Å²) in [5.74, 6) is 0.981. The maximum absolute atomic E-state index is 11.0. The van der Waals surface area contributed by atoms with Gasteiger partial charge in [0.1, 0.15) is 0 Å². The van der Waals surface area contributed by atoms with Crippen molar-refractivity contribution in [3.63, 3.8) is 0 Å². The van der Waals surface area contributed by atoms with Crippen molar-refractivity contribution in [1.29, 1.82) is 0 Å². The van der Waals surface area contributed by atoms with Crippen LogP contribution in [-0.2, 0) is 0 Å². The zero-order valence-corrected chi connectivity index (χ0v) is 10.4. The smallest absolute Gasteiger partial charge is 0.405 e. The molecule has 4 nitrogen and oxygen atoms in total. The van der Waals surface area contributed by atoms with E-state index in [0.717, 1.165) is 11.3 Å². The van der Waals surface area contributed by atoms with E-state index < -0.39 is 6.09 Å². The molecule has 1 saturated carbocycles. The fraction of sp³-hybridized carbons (Fsp3) is 0.500. The van der Waals surface area contributed by atoms with Crippen LogP contribution in [-0.4, -0.2) is 17.2 Å². The minimum absolute atomic E-state index is 0.106. The van der Waals surface area contributed by atoms with Gasteiger partial charge in [0.15, 0.2) is 0 Å². The highest BCUT2D eigenvalue weighted by Gasteiger charge is 2.42. The summed E-state index contributed by atoms with van der Waals surface area (Å²) in [5, 5.41) is 15.3. The van der Waals surface area contributed by atoms with E-state index in [9.17, 15) is 4.79 Å². The van der Waals surface area contributed by atoms with E-state index in [4.69, 9.17) is 5.11 Å². The number of rotatable bonds is 2. The Morgan fingerprint density at radius 2 is 2.11 bits per heavy atom. The highest BCUT2D eigenvalue weighted by atomic mass is 16.4. The zero-order valence-electron chi connectivity index (χ0n) is 10.4. The summed E-state index contributed by atoms with van der Waals surface area (Å²) in [6.45, 7) is 2.13. The van der Waals surface area contributed by atoms with E-state index in [1.54, 1.807) is 0 Å². The molecule has 0 aromatic heterocycles. The summed E-state index contributed by atoms with van der Waals surface area (Å²) >= 11 is 0. The van der Waals surface area contributed by atoms with Crippen molar-refractivity contribution in [2.45, 2.75) is 31.8 Å². The fourth-order valence-corrected chi connectivity index (χ4v) is 3.05. The molecule has 1 aromatic rings. The van der Waals surface area contributed by atoms with Gasteiger partial charge in [-0.25, -0.2) is 4.79 Å². The summed E-state index contributed by atoms with van der Waals surface area (Å²) in [4.78, 5) is 11.0. The Kier molecular flexibility index (Phi) is 2.65. The lowest BCUT2D eigenvalue weighted by atomic mass is 9.82. The molecule has 0 unspecified atom stereocenters. The third-order valence-electron chi connectivity index (χ3n) is 4.12. The number of carboxylic acid groups (broad SMARTS) is 1. The van der Waals surface area contributed by atoms with Gasteiger partial charge in [0.2, 0.25) is 0 Å². The van der Waals surface area contributed by atoms with E-state index in [1.165, 1.54) is 12.8 Å². The van der Waals surface area contributed by atoms with Crippen LogP contribution in [0.2, 0.25) is 0 Å². The lowest BCUT2D eigenvalue weighted by Gasteiger charge is -2.39. The molecule has 2 aliphatic rings. The second kappa shape index (κ2) is 4.19. The highest BCUT2D eigenvalue weighted by Crippen LogP contribution is 2.45. The first-order valence-electron chi connectivity index (χ1n) is 6.51. The fourth-order valence-electron chi connectivity index (χ4n) is 3.05. The predicted octanol–water partition coefficient (Wildman–Crippen LogP) is 2.84. The van der Waals surface area contributed by atoms with Crippen molar-refractivity contribution < 1.29 is 9.90 Å².